The Bertz CT molecular complexity index is 1170. The van der Waals surface area contributed by atoms with Crippen LogP contribution in [0.25, 0.3) is 16.7 Å². The van der Waals surface area contributed by atoms with E-state index >= 15 is 0 Å². The van der Waals surface area contributed by atoms with E-state index in [9.17, 15) is 13.2 Å². The van der Waals surface area contributed by atoms with Crippen molar-refractivity contribution >= 4 is 22.5 Å². The molecule has 3 N–H and O–H groups in total. The second kappa shape index (κ2) is 8.91. The first-order valence-corrected chi connectivity index (χ1v) is 9.94. The van der Waals surface area contributed by atoms with Crippen LogP contribution in [-0.4, -0.2) is 32.6 Å². The summed E-state index contributed by atoms with van der Waals surface area (Å²) in [6, 6.07) is 13.5. The van der Waals surface area contributed by atoms with Gasteiger partial charge < -0.3 is 15.7 Å². The maximum absolute atomic E-state index is 13.2. The molecule has 0 aliphatic heterocycles. The predicted octanol–water partition coefficient (Wildman–Crippen LogP) is 3.99. The molecule has 0 saturated carbocycles. The zero-order chi connectivity index (χ0) is 21.8. The summed E-state index contributed by atoms with van der Waals surface area (Å²) in [6.07, 6.45) is -2.27. The minimum absolute atomic E-state index is 0.00180. The van der Waals surface area contributed by atoms with Gasteiger partial charge in [0.2, 0.25) is 0 Å². The minimum Gasteiger partial charge on any atom is -0.396 e. The van der Waals surface area contributed by atoms with Gasteiger partial charge in [-0.2, -0.15) is 13.2 Å². The highest BCUT2D eigenvalue weighted by Gasteiger charge is 2.31. The summed E-state index contributed by atoms with van der Waals surface area (Å²) in [6.45, 7) is 1.56. The molecule has 2 aromatic carbocycles. The van der Waals surface area contributed by atoms with E-state index in [1.165, 1.54) is 6.07 Å². The zero-order valence-electron chi connectivity index (χ0n) is 16.7. The molecule has 2 aromatic heterocycles. The molecule has 6 nitrogen and oxygen atoms in total. The number of rotatable bonds is 8. The number of imidazole rings is 1. The van der Waals surface area contributed by atoms with Crippen molar-refractivity contribution in [2.75, 3.05) is 18.5 Å². The van der Waals surface area contributed by atoms with Gasteiger partial charge in [-0.25, -0.2) is 9.97 Å². The Morgan fingerprint density at radius 1 is 1.03 bits per heavy atom. The number of nitrogens with zero attached hydrogens (tertiary/aromatic N) is 3. The third-order valence-corrected chi connectivity index (χ3v) is 4.93. The van der Waals surface area contributed by atoms with Crippen molar-refractivity contribution in [1.29, 1.82) is 0 Å². The van der Waals surface area contributed by atoms with Gasteiger partial charge in [0, 0.05) is 26.2 Å². The summed E-state index contributed by atoms with van der Waals surface area (Å²) >= 11 is 0. The van der Waals surface area contributed by atoms with Gasteiger partial charge in [-0.05, 0) is 30.2 Å². The van der Waals surface area contributed by atoms with E-state index in [2.05, 4.69) is 20.6 Å². The van der Waals surface area contributed by atoms with Gasteiger partial charge in [-0.15, -0.1) is 0 Å². The number of aliphatic hydroxyl groups is 1. The van der Waals surface area contributed by atoms with Crippen molar-refractivity contribution in [3.05, 3.63) is 71.5 Å². The molecule has 9 heteroatoms. The lowest BCUT2D eigenvalue weighted by Gasteiger charge is -2.13. The number of aromatic nitrogens is 3. The second-order valence-corrected chi connectivity index (χ2v) is 7.16. The molecule has 0 amide bonds. The fraction of sp³-hybridized carbons (Fsp3) is 0.273. The number of hydrogen-bond acceptors (Lipinski definition) is 5. The molecule has 2 heterocycles. The number of hydrogen-bond donors (Lipinski definition) is 3. The van der Waals surface area contributed by atoms with E-state index < -0.39 is 11.7 Å². The largest absolute Gasteiger partial charge is 0.416 e. The highest BCUT2D eigenvalue weighted by Crippen LogP contribution is 2.32. The summed E-state index contributed by atoms with van der Waals surface area (Å²) in [5, 5.41) is 15.5. The lowest BCUT2D eigenvalue weighted by atomic mass is 10.2. The Morgan fingerprint density at radius 3 is 2.58 bits per heavy atom. The summed E-state index contributed by atoms with van der Waals surface area (Å²) in [7, 11) is 0. The van der Waals surface area contributed by atoms with Gasteiger partial charge in [-0.3, -0.25) is 4.40 Å². The summed E-state index contributed by atoms with van der Waals surface area (Å²) in [5.41, 5.74) is 2.48. The van der Waals surface area contributed by atoms with E-state index in [1.54, 1.807) is 6.20 Å². The molecule has 31 heavy (non-hydrogen) atoms. The lowest BCUT2D eigenvalue weighted by Crippen LogP contribution is -2.15. The molecular weight excluding hydrogens is 407 g/mol. The van der Waals surface area contributed by atoms with E-state index in [1.807, 2.05) is 34.7 Å². The van der Waals surface area contributed by atoms with Crippen LogP contribution in [0.1, 0.15) is 23.2 Å². The molecule has 0 radical (unpaired) electrons. The average molecular weight is 429 g/mol. The van der Waals surface area contributed by atoms with Crippen molar-refractivity contribution in [3.63, 3.8) is 0 Å². The number of alkyl halides is 3. The first-order valence-electron chi connectivity index (χ1n) is 9.94. The Kier molecular flexibility index (Phi) is 6.06. The van der Waals surface area contributed by atoms with Crippen LogP contribution in [0.2, 0.25) is 0 Å². The van der Waals surface area contributed by atoms with Crippen molar-refractivity contribution in [2.24, 2.45) is 0 Å². The fourth-order valence-electron chi connectivity index (χ4n) is 3.43. The number of fused-ring (bicyclic) bond motifs is 3. The Morgan fingerprint density at radius 2 is 1.84 bits per heavy atom. The van der Waals surface area contributed by atoms with Gasteiger partial charge in [-0.1, -0.05) is 30.3 Å². The normalized spacial score (nSPS) is 12.0. The quantitative estimate of drug-likeness (QED) is 0.370. The SMILES string of the molecule is OCCCNc1nc2cc(C(F)(F)F)ccc2n2c(CNCc3ccccc3)cnc12. The maximum Gasteiger partial charge on any atom is 0.416 e. The molecule has 162 valence electrons. The van der Waals surface area contributed by atoms with Crippen LogP contribution >= 0.6 is 0 Å². The average Bonchev–Trinajstić information content (AvgIpc) is 3.18. The minimum atomic E-state index is -4.45. The third-order valence-electron chi connectivity index (χ3n) is 4.93. The van der Waals surface area contributed by atoms with Crippen molar-refractivity contribution in [2.45, 2.75) is 25.7 Å². The monoisotopic (exact) mass is 429 g/mol. The molecule has 4 aromatic rings. The molecule has 0 atom stereocenters. The molecular formula is C22H22F3N5O. The molecule has 0 saturated heterocycles. The van der Waals surface area contributed by atoms with Crippen LogP contribution in [0.3, 0.4) is 0 Å². The molecule has 0 spiro atoms. The van der Waals surface area contributed by atoms with Crippen LogP contribution in [0, 0.1) is 0 Å². The van der Waals surface area contributed by atoms with E-state index in [4.69, 9.17) is 5.11 Å². The van der Waals surface area contributed by atoms with Gasteiger partial charge in [0.05, 0.1) is 28.5 Å². The van der Waals surface area contributed by atoms with Crippen LogP contribution in [0.15, 0.2) is 54.7 Å². The fourth-order valence-corrected chi connectivity index (χ4v) is 3.43. The molecule has 0 fully saturated rings. The predicted molar refractivity (Wildman–Crippen MR) is 113 cm³/mol. The lowest BCUT2D eigenvalue weighted by molar-refractivity contribution is -0.137. The highest BCUT2D eigenvalue weighted by molar-refractivity contribution is 5.84. The summed E-state index contributed by atoms with van der Waals surface area (Å²) in [5.74, 6) is 0.384. The first-order chi connectivity index (χ1) is 15.0. The zero-order valence-corrected chi connectivity index (χ0v) is 16.7. The number of halogens is 3. The number of anilines is 1. The first kappa shape index (κ1) is 21.1. The topological polar surface area (TPSA) is 74.5 Å². The maximum atomic E-state index is 13.2. The molecule has 0 bridgehead atoms. The van der Waals surface area contributed by atoms with Crippen molar-refractivity contribution in [1.82, 2.24) is 19.7 Å². The van der Waals surface area contributed by atoms with Crippen LogP contribution < -0.4 is 10.6 Å². The standard InChI is InChI=1S/C22H22F3N5O/c23-22(24,25)16-7-8-19-18(11-16)29-20(27-9-4-10-31)21-28-14-17(30(19)21)13-26-12-15-5-2-1-3-6-15/h1-3,5-8,11,14,26,31H,4,9-10,12-13H2,(H,27,29). The van der Waals surface area contributed by atoms with Crippen LogP contribution in [-0.2, 0) is 19.3 Å². The van der Waals surface area contributed by atoms with Crippen molar-refractivity contribution < 1.29 is 18.3 Å². The Balaban J connectivity index is 1.72. The molecule has 0 unspecified atom stereocenters. The summed E-state index contributed by atoms with van der Waals surface area (Å²) < 4.78 is 41.5. The Hall–Kier alpha value is -3.17. The van der Waals surface area contributed by atoms with Gasteiger partial charge >= 0.3 is 6.18 Å². The number of nitrogens with one attached hydrogen (secondary N) is 2. The molecule has 4 rings (SSSR count). The number of benzene rings is 2. The van der Waals surface area contributed by atoms with E-state index in [0.29, 0.717) is 43.0 Å². The Labute approximate surface area is 176 Å². The summed E-state index contributed by atoms with van der Waals surface area (Å²) in [4.78, 5) is 8.85. The van der Waals surface area contributed by atoms with Crippen LogP contribution in [0.5, 0.6) is 0 Å². The second-order valence-electron chi connectivity index (χ2n) is 7.16. The van der Waals surface area contributed by atoms with Crippen LogP contribution in [0.4, 0.5) is 19.0 Å². The molecule has 0 aliphatic carbocycles. The highest BCUT2D eigenvalue weighted by atomic mass is 19.4. The van der Waals surface area contributed by atoms with Gasteiger partial charge in [0.25, 0.3) is 0 Å². The van der Waals surface area contributed by atoms with Gasteiger partial charge in [0.15, 0.2) is 11.5 Å². The van der Waals surface area contributed by atoms with Crippen molar-refractivity contribution in [3.8, 4) is 0 Å². The van der Waals surface area contributed by atoms with Gasteiger partial charge in [0.1, 0.15) is 0 Å². The smallest absolute Gasteiger partial charge is 0.396 e. The van der Waals surface area contributed by atoms with E-state index in [0.717, 1.165) is 23.4 Å². The third kappa shape index (κ3) is 4.62. The molecule has 0 aliphatic rings. The number of aliphatic hydroxyl groups excluding tert-OH is 1. The van der Waals surface area contributed by atoms with E-state index in [-0.39, 0.29) is 12.1 Å².